The molecule has 8 nitrogen and oxygen atoms in total. The summed E-state index contributed by atoms with van der Waals surface area (Å²) >= 11 is 0. The first-order valence-corrected chi connectivity index (χ1v) is 14.9. The van der Waals surface area contributed by atoms with Crippen molar-refractivity contribution in [3.8, 4) is 5.88 Å². The van der Waals surface area contributed by atoms with Crippen LogP contribution in [0.3, 0.4) is 0 Å². The third kappa shape index (κ3) is 6.12. The van der Waals surface area contributed by atoms with Crippen LogP contribution in [-0.2, 0) is 24.2 Å². The molecule has 3 aliphatic rings. The van der Waals surface area contributed by atoms with E-state index in [-0.39, 0.29) is 0 Å². The summed E-state index contributed by atoms with van der Waals surface area (Å²) in [5, 5.41) is 3.97. The van der Waals surface area contributed by atoms with E-state index in [2.05, 4.69) is 38.3 Å². The minimum absolute atomic E-state index is 0.405. The predicted molar refractivity (Wildman–Crippen MR) is 156 cm³/mol. The van der Waals surface area contributed by atoms with Crippen LogP contribution in [0, 0.1) is 0 Å². The number of hydrogen-bond donors (Lipinski definition) is 1. The van der Waals surface area contributed by atoms with Gasteiger partial charge in [0.15, 0.2) is 0 Å². The van der Waals surface area contributed by atoms with Crippen LogP contribution in [0.25, 0.3) is 11.0 Å². The van der Waals surface area contributed by atoms with Gasteiger partial charge < -0.3 is 24.6 Å². The number of rotatable bonds is 9. The number of nitrogens with zero attached hydrogens (tertiary/aromatic N) is 5. The number of anilines is 2. The zero-order valence-electron chi connectivity index (χ0n) is 23.3. The SMILES string of the molecule is COc1nc2c(NC3CCN(c4ccncc4)CC3)c3c(nc2cc1COCCN1CCCC1)CCCCC3. The van der Waals surface area contributed by atoms with Crippen LogP contribution in [-0.4, -0.2) is 72.3 Å². The maximum absolute atomic E-state index is 6.09. The summed E-state index contributed by atoms with van der Waals surface area (Å²) in [6.07, 6.45) is 14.3. The Morgan fingerprint density at radius 3 is 2.54 bits per heavy atom. The molecule has 8 heteroatoms. The van der Waals surface area contributed by atoms with Gasteiger partial charge >= 0.3 is 0 Å². The van der Waals surface area contributed by atoms with Crippen LogP contribution in [0.5, 0.6) is 5.88 Å². The molecule has 2 fully saturated rings. The van der Waals surface area contributed by atoms with Gasteiger partial charge in [-0.2, -0.15) is 0 Å². The smallest absolute Gasteiger partial charge is 0.219 e. The van der Waals surface area contributed by atoms with Gasteiger partial charge in [0.1, 0.15) is 5.52 Å². The van der Waals surface area contributed by atoms with Gasteiger partial charge in [0.2, 0.25) is 5.88 Å². The highest BCUT2D eigenvalue weighted by Gasteiger charge is 2.25. The molecule has 5 heterocycles. The van der Waals surface area contributed by atoms with E-state index in [1.54, 1.807) is 7.11 Å². The Hall–Kier alpha value is -2.97. The molecule has 3 aromatic rings. The fraction of sp³-hybridized carbons (Fsp3) is 0.581. The minimum atomic E-state index is 0.405. The lowest BCUT2D eigenvalue weighted by molar-refractivity contribution is 0.0975. The molecule has 0 unspecified atom stereocenters. The summed E-state index contributed by atoms with van der Waals surface area (Å²) in [5.41, 5.74) is 7.90. The molecule has 1 N–H and O–H groups in total. The molecule has 1 aliphatic carbocycles. The van der Waals surface area contributed by atoms with E-state index in [1.807, 2.05) is 12.4 Å². The van der Waals surface area contributed by atoms with Crippen molar-refractivity contribution in [2.45, 2.75) is 70.4 Å². The quantitative estimate of drug-likeness (QED) is 0.306. The summed E-state index contributed by atoms with van der Waals surface area (Å²) in [4.78, 5) is 19.3. The van der Waals surface area contributed by atoms with Gasteiger partial charge in [0.25, 0.3) is 0 Å². The van der Waals surface area contributed by atoms with E-state index in [0.717, 1.165) is 68.5 Å². The minimum Gasteiger partial charge on any atom is -0.481 e. The second kappa shape index (κ2) is 12.5. The Balaban J connectivity index is 1.23. The van der Waals surface area contributed by atoms with Gasteiger partial charge in [-0.25, -0.2) is 4.98 Å². The second-order valence-electron chi connectivity index (χ2n) is 11.2. The molecule has 0 aromatic carbocycles. The maximum atomic E-state index is 6.09. The number of pyridine rings is 3. The summed E-state index contributed by atoms with van der Waals surface area (Å²) in [6, 6.07) is 6.77. The molecule has 3 aromatic heterocycles. The van der Waals surface area contributed by atoms with Gasteiger partial charge in [0, 0.05) is 55.0 Å². The van der Waals surface area contributed by atoms with Crippen molar-refractivity contribution in [1.82, 2.24) is 19.9 Å². The molecule has 0 saturated carbocycles. The highest BCUT2D eigenvalue weighted by molar-refractivity contribution is 5.91. The number of ether oxygens (including phenoxy) is 2. The number of nitrogens with one attached hydrogen (secondary N) is 1. The van der Waals surface area contributed by atoms with Crippen LogP contribution in [0.15, 0.2) is 30.6 Å². The third-order valence-electron chi connectivity index (χ3n) is 8.60. The van der Waals surface area contributed by atoms with Crippen molar-refractivity contribution in [2.24, 2.45) is 0 Å². The van der Waals surface area contributed by atoms with Crippen molar-refractivity contribution in [3.05, 3.63) is 47.4 Å². The number of hydrogen-bond acceptors (Lipinski definition) is 8. The van der Waals surface area contributed by atoms with Crippen LogP contribution < -0.4 is 15.0 Å². The average molecular weight is 531 g/mol. The summed E-state index contributed by atoms with van der Waals surface area (Å²) < 4.78 is 11.9. The normalized spacial score (nSPS) is 18.7. The number of fused-ring (bicyclic) bond motifs is 2. The van der Waals surface area contributed by atoms with E-state index < -0.39 is 0 Å². The molecule has 0 amide bonds. The Bertz CT molecular complexity index is 1240. The Morgan fingerprint density at radius 2 is 1.74 bits per heavy atom. The molecular formula is C31H42N6O2. The molecule has 0 bridgehead atoms. The van der Waals surface area contributed by atoms with Crippen molar-refractivity contribution >= 4 is 22.4 Å². The number of piperidine rings is 1. The van der Waals surface area contributed by atoms with Crippen LogP contribution in [0.4, 0.5) is 11.4 Å². The molecule has 2 aliphatic heterocycles. The zero-order chi connectivity index (χ0) is 26.4. The largest absolute Gasteiger partial charge is 0.481 e. The summed E-state index contributed by atoms with van der Waals surface area (Å²) in [5.74, 6) is 0.648. The van der Waals surface area contributed by atoms with Crippen LogP contribution >= 0.6 is 0 Å². The first kappa shape index (κ1) is 26.3. The van der Waals surface area contributed by atoms with Crippen LogP contribution in [0.2, 0.25) is 0 Å². The molecule has 0 spiro atoms. The Morgan fingerprint density at radius 1 is 0.949 bits per heavy atom. The van der Waals surface area contributed by atoms with E-state index >= 15 is 0 Å². The fourth-order valence-corrected chi connectivity index (χ4v) is 6.40. The molecule has 2 saturated heterocycles. The zero-order valence-corrected chi connectivity index (χ0v) is 23.3. The number of likely N-dealkylation sites (tertiary alicyclic amines) is 1. The third-order valence-corrected chi connectivity index (χ3v) is 8.60. The van der Waals surface area contributed by atoms with E-state index in [1.165, 1.54) is 67.8 Å². The molecule has 0 radical (unpaired) electrons. The van der Waals surface area contributed by atoms with E-state index in [0.29, 0.717) is 18.5 Å². The predicted octanol–water partition coefficient (Wildman–Crippen LogP) is 5.00. The first-order chi connectivity index (χ1) is 19.3. The van der Waals surface area contributed by atoms with Gasteiger partial charge in [0.05, 0.1) is 31.5 Å². The molecule has 6 rings (SSSR count). The summed E-state index contributed by atoms with van der Waals surface area (Å²) in [6.45, 7) is 6.66. The van der Waals surface area contributed by atoms with E-state index in [4.69, 9.17) is 19.4 Å². The fourth-order valence-electron chi connectivity index (χ4n) is 6.40. The van der Waals surface area contributed by atoms with E-state index in [9.17, 15) is 0 Å². The molecule has 39 heavy (non-hydrogen) atoms. The van der Waals surface area contributed by atoms with Gasteiger partial charge in [-0.3, -0.25) is 9.97 Å². The van der Waals surface area contributed by atoms with Crippen LogP contribution in [0.1, 0.15) is 61.8 Å². The lowest BCUT2D eigenvalue weighted by atomic mass is 10.00. The topological polar surface area (TPSA) is 75.6 Å². The highest BCUT2D eigenvalue weighted by Crippen LogP contribution is 2.35. The maximum Gasteiger partial charge on any atom is 0.219 e. The number of aromatic nitrogens is 3. The van der Waals surface area contributed by atoms with Crippen molar-refractivity contribution in [2.75, 3.05) is 56.7 Å². The molecule has 0 atom stereocenters. The number of aryl methyl sites for hydroxylation is 1. The highest BCUT2D eigenvalue weighted by atomic mass is 16.5. The average Bonchev–Trinajstić information content (AvgIpc) is 3.39. The van der Waals surface area contributed by atoms with Gasteiger partial charge in [-0.05, 0) is 88.2 Å². The van der Waals surface area contributed by atoms with Crippen molar-refractivity contribution in [1.29, 1.82) is 0 Å². The monoisotopic (exact) mass is 530 g/mol. The second-order valence-corrected chi connectivity index (χ2v) is 11.2. The first-order valence-electron chi connectivity index (χ1n) is 14.9. The number of methoxy groups -OCH3 is 1. The van der Waals surface area contributed by atoms with Gasteiger partial charge in [-0.1, -0.05) is 6.42 Å². The van der Waals surface area contributed by atoms with Gasteiger partial charge in [-0.15, -0.1) is 0 Å². The standard InChI is InChI=1S/C31H42N6O2/c1-38-31-23(22-39-20-19-36-15-5-6-16-36)21-28-30(35-31)29(26-7-3-2-4-8-27(26)34-28)33-24-11-17-37(18-12-24)25-9-13-32-14-10-25/h9-10,13-14,21,24H,2-8,11-12,15-20,22H2,1H3,(H,33,34). The Kier molecular flexibility index (Phi) is 8.40. The lowest BCUT2D eigenvalue weighted by Crippen LogP contribution is -2.39. The summed E-state index contributed by atoms with van der Waals surface area (Å²) in [7, 11) is 1.71. The lowest BCUT2D eigenvalue weighted by Gasteiger charge is -2.35. The van der Waals surface area contributed by atoms with Crippen molar-refractivity contribution in [3.63, 3.8) is 0 Å². The van der Waals surface area contributed by atoms with Crippen molar-refractivity contribution < 1.29 is 9.47 Å². The Labute approximate surface area is 232 Å². The molecule has 208 valence electrons. The molecular weight excluding hydrogens is 488 g/mol.